The molecule has 1 fully saturated rings. The Balaban J connectivity index is 1.83. The zero-order chi connectivity index (χ0) is 7.52. The van der Waals surface area contributed by atoms with Crippen LogP contribution in [0.1, 0.15) is 0 Å². The normalized spacial score (nSPS) is 27.3. The molecule has 0 aromatic heterocycles. The van der Waals surface area contributed by atoms with E-state index in [9.17, 15) is 0 Å². The molecule has 0 saturated carbocycles. The van der Waals surface area contributed by atoms with Crippen molar-refractivity contribution in [1.29, 1.82) is 0 Å². The number of morpholine rings is 1. The molecule has 0 atom stereocenters. The van der Waals surface area contributed by atoms with Gasteiger partial charge in [0.15, 0.2) is 5.50 Å². The zero-order valence-corrected chi connectivity index (χ0v) is 7.06. The molecule has 1 radical (unpaired) electrons. The summed E-state index contributed by atoms with van der Waals surface area (Å²) < 4.78 is 5.25. The quantitative estimate of drug-likeness (QED) is 0.623. The van der Waals surface area contributed by atoms with E-state index in [1.807, 2.05) is 6.20 Å². The first kappa shape index (κ1) is 7.46. The van der Waals surface area contributed by atoms with E-state index in [0.717, 1.165) is 26.3 Å². The average molecular weight is 171 g/mol. The van der Waals surface area contributed by atoms with Gasteiger partial charge in [-0.1, -0.05) is 11.8 Å². The summed E-state index contributed by atoms with van der Waals surface area (Å²) in [6.45, 7) is 3.73. The molecule has 0 amide bonds. The fourth-order valence-corrected chi connectivity index (χ4v) is 1.90. The molecule has 4 heteroatoms. The first-order chi connectivity index (χ1) is 5.47. The van der Waals surface area contributed by atoms with Gasteiger partial charge in [-0.25, -0.2) is 0 Å². The van der Waals surface area contributed by atoms with Crippen molar-refractivity contribution in [2.24, 2.45) is 0 Å². The number of nitrogens with zero attached hydrogens (tertiary/aromatic N) is 1. The molecule has 2 rings (SSSR count). The van der Waals surface area contributed by atoms with Gasteiger partial charge in [0.25, 0.3) is 0 Å². The number of hydrogen-bond acceptors (Lipinski definition) is 4. The third-order valence-corrected chi connectivity index (χ3v) is 2.62. The average Bonchev–Trinajstić information content (AvgIpc) is 2.58. The minimum absolute atomic E-state index is 0.853. The monoisotopic (exact) mass is 171 g/mol. The van der Waals surface area contributed by atoms with E-state index in [4.69, 9.17) is 4.74 Å². The zero-order valence-electron chi connectivity index (χ0n) is 6.25. The van der Waals surface area contributed by atoms with Gasteiger partial charge in [0, 0.05) is 19.3 Å². The highest BCUT2D eigenvalue weighted by atomic mass is 32.2. The van der Waals surface area contributed by atoms with E-state index in [1.165, 1.54) is 5.50 Å². The molecule has 0 bridgehead atoms. The molecular formula is C7H11N2OS. The lowest BCUT2D eigenvalue weighted by Gasteiger charge is -2.30. The van der Waals surface area contributed by atoms with Gasteiger partial charge in [-0.05, 0) is 5.41 Å². The molecule has 11 heavy (non-hydrogen) atoms. The van der Waals surface area contributed by atoms with Gasteiger partial charge in [-0.15, -0.1) is 0 Å². The Morgan fingerprint density at radius 1 is 1.45 bits per heavy atom. The maximum absolute atomic E-state index is 5.25. The second-order valence-corrected chi connectivity index (χ2v) is 3.36. The van der Waals surface area contributed by atoms with E-state index in [0.29, 0.717) is 0 Å². The number of thioether (sulfide) groups is 1. The van der Waals surface area contributed by atoms with Gasteiger partial charge in [0.2, 0.25) is 0 Å². The molecule has 2 heterocycles. The van der Waals surface area contributed by atoms with Crippen molar-refractivity contribution in [1.82, 2.24) is 10.2 Å². The first-order valence-corrected chi connectivity index (χ1v) is 4.62. The van der Waals surface area contributed by atoms with Crippen LogP contribution in [0.25, 0.3) is 0 Å². The number of nitrogens with one attached hydrogen (secondary N) is 1. The summed E-state index contributed by atoms with van der Waals surface area (Å²) in [5, 5.41) is 5.26. The van der Waals surface area contributed by atoms with Crippen LogP contribution in [0.4, 0.5) is 0 Å². The van der Waals surface area contributed by atoms with Crippen LogP contribution in [0.5, 0.6) is 0 Å². The van der Waals surface area contributed by atoms with Gasteiger partial charge >= 0.3 is 0 Å². The molecule has 0 aliphatic carbocycles. The third kappa shape index (κ3) is 1.69. The lowest BCUT2D eigenvalue weighted by Crippen LogP contribution is -2.41. The van der Waals surface area contributed by atoms with Crippen LogP contribution >= 0.6 is 11.8 Å². The molecular weight excluding hydrogens is 160 g/mol. The van der Waals surface area contributed by atoms with Gasteiger partial charge < -0.3 is 10.1 Å². The summed E-state index contributed by atoms with van der Waals surface area (Å²) in [6, 6.07) is 0. The van der Waals surface area contributed by atoms with Crippen LogP contribution < -0.4 is 5.32 Å². The number of ether oxygens (including phenoxy) is 1. The summed E-state index contributed by atoms with van der Waals surface area (Å²) in [7, 11) is 0. The van der Waals surface area contributed by atoms with Crippen molar-refractivity contribution in [3.63, 3.8) is 0 Å². The lowest BCUT2D eigenvalue weighted by molar-refractivity contribution is 0.0463. The van der Waals surface area contributed by atoms with Crippen LogP contribution in [-0.4, -0.2) is 31.2 Å². The molecule has 0 spiro atoms. The van der Waals surface area contributed by atoms with Crippen LogP contribution in [0.15, 0.2) is 11.6 Å². The van der Waals surface area contributed by atoms with E-state index in [-0.39, 0.29) is 0 Å². The van der Waals surface area contributed by atoms with E-state index in [1.54, 1.807) is 11.8 Å². The summed E-state index contributed by atoms with van der Waals surface area (Å²) in [6.07, 6.45) is 1.97. The van der Waals surface area contributed by atoms with Crippen LogP contribution in [0, 0.1) is 5.50 Å². The van der Waals surface area contributed by atoms with Gasteiger partial charge in [-0.3, -0.25) is 4.90 Å². The molecule has 0 aromatic carbocycles. The Labute approximate surface area is 70.8 Å². The van der Waals surface area contributed by atoms with E-state index < -0.39 is 0 Å². The van der Waals surface area contributed by atoms with Crippen molar-refractivity contribution < 1.29 is 4.74 Å². The topological polar surface area (TPSA) is 24.5 Å². The maximum atomic E-state index is 5.25. The third-order valence-electron chi connectivity index (χ3n) is 1.75. The molecule has 2 aliphatic rings. The minimum atomic E-state index is 0.853. The standard InChI is InChI=1S/C7H11N2OS/c1-6-11-7(8-1)9-2-4-10-5-3-9/h1,6,8H,2-5H2. The van der Waals surface area contributed by atoms with Crippen molar-refractivity contribution in [2.45, 2.75) is 0 Å². The predicted octanol–water partition coefficient (Wildman–Crippen LogP) is 0.573. The van der Waals surface area contributed by atoms with Crippen molar-refractivity contribution in [2.75, 3.05) is 26.3 Å². The maximum Gasteiger partial charge on any atom is 0.191 e. The lowest BCUT2D eigenvalue weighted by atomic mass is 10.4. The fourth-order valence-electron chi connectivity index (χ4n) is 1.17. The minimum Gasteiger partial charge on any atom is -0.379 e. The smallest absolute Gasteiger partial charge is 0.191 e. The van der Waals surface area contributed by atoms with E-state index in [2.05, 4.69) is 15.6 Å². The second-order valence-electron chi connectivity index (χ2n) is 2.47. The Hall–Kier alpha value is -0.190. The molecule has 0 aromatic rings. The molecule has 61 valence electrons. The first-order valence-electron chi connectivity index (χ1n) is 3.75. The van der Waals surface area contributed by atoms with E-state index >= 15 is 0 Å². The van der Waals surface area contributed by atoms with Gasteiger partial charge in [0.05, 0.1) is 13.2 Å². The highest BCUT2D eigenvalue weighted by molar-refractivity contribution is 8.05. The van der Waals surface area contributed by atoms with Crippen molar-refractivity contribution >= 4 is 11.8 Å². The molecule has 0 unspecified atom stereocenters. The largest absolute Gasteiger partial charge is 0.379 e. The Bertz CT molecular complexity index is 149. The Morgan fingerprint density at radius 2 is 2.27 bits per heavy atom. The fraction of sp³-hybridized carbons (Fsp3) is 0.571. The molecule has 3 nitrogen and oxygen atoms in total. The Morgan fingerprint density at radius 3 is 2.91 bits per heavy atom. The highest BCUT2D eigenvalue weighted by Gasteiger charge is 2.22. The number of hydrogen-bond donors (Lipinski definition) is 1. The van der Waals surface area contributed by atoms with Crippen molar-refractivity contribution in [3.05, 3.63) is 17.1 Å². The van der Waals surface area contributed by atoms with Crippen LogP contribution in [0.2, 0.25) is 0 Å². The van der Waals surface area contributed by atoms with Crippen LogP contribution in [-0.2, 0) is 4.74 Å². The Kier molecular flexibility index (Phi) is 2.35. The predicted molar refractivity (Wildman–Crippen MR) is 45.5 cm³/mol. The van der Waals surface area contributed by atoms with Crippen LogP contribution in [0.3, 0.4) is 0 Å². The van der Waals surface area contributed by atoms with Gasteiger partial charge in [-0.2, -0.15) is 0 Å². The summed E-state index contributed by atoms with van der Waals surface area (Å²) in [5.74, 6) is 0. The molecule has 1 N–H and O–H groups in total. The summed E-state index contributed by atoms with van der Waals surface area (Å²) in [5.41, 5.74) is 1.24. The number of rotatable bonds is 1. The van der Waals surface area contributed by atoms with Gasteiger partial charge in [0.1, 0.15) is 0 Å². The summed E-state index contributed by atoms with van der Waals surface area (Å²) >= 11 is 1.74. The molecule has 2 aliphatic heterocycles. The highest BCUT2D eigenvalue weighted by Crippen LogP contribution is 2.26. The SMILES string of the molecule is C1=CS[C](N2CCOCC2)N1. The molecule has 1 saturated heterocycles. The second kappa shape index (κ2) is 3.47. The summed E-state index contributed by atoms with van der Waals surface area (Å²) in [4.78, 5) is 2.31. The van der Waals surface area contributed by atoms with Crippen molar-refractivity contribution in [3.8, 4) is 0 Å².